The van der Waals surface area contributed by atoms with Gasteiger partial charge in [-0.3, -0.25) is 0 Å². The van der Waals surface area contributed by atoms with Crippen molar-refractivity contribution in [3.05, 3.63) is 57.0 Å². The standard InChI is InChI=1S/C13H11Cl3N2/c14-9-2-4-12(17)13(6-9)18-7-8-1-3-10(15)11(16)5-8/h1-6,18H,7,17H2. The van der Waals surface area contributed by atoms with Gasteiger partial charge in [0, 0.05) is 11.6 Å². The Kier molecular flexibility index (Phi) is 4.23. The third-order valence-electron chi connectivity index (χ3n) is 2.48. The Balaban J connectivity index is 2.11. The van der Waals surface area contributed by atoms with Gasteiger partial charge in [-0.05, 0) is 35.9 Å². The molecule has 2 aromatic rings. The summed E-state index contributed by atoms with van der Waals surface area (Å²) in [5.74, 6) is 0. The molecule has 18 heavy (non-hydrogen) atoms. The molecule has 0 spiro atoms. The van der Waals surface area contributed by atoms with Crippen molar-refractivity contribution in [2.45, 2.75) is 6.54 Å². The van der Waals surface area contributed by atoms with Gasteiger partial charge < -0.3 is 11.1 Å². The van der Waals surface area contributed by atoms with Crippen LogP contribution in [0.5, 0.6) is 0 Å². The van der Waals surface area contributed by atoms with Gasteiger partial charge in [-0.1, -0.05) is 40.9 Å². The maximum atomic E-state index is 5.95. The summed E-state index contributed by atoms with van der Waals surface area (Å²) in [6, 6.07) is 10.8. The zero-order valence-electron chi connectivity index (χ0n) is 9.38. The second-order valence-electron chi connectivity index (χ2n) is 3.83. The predicted molar refractivity (Wildman–Crippen MR) is 79.7 cm³/mol. The van der Waals surface area contributed by atoms with Crippen LogP contribution in [-0.4, -0.2) is 0 Å². The van der Waals surface area contributed by atoms with Crippen LogP contribution in [0.1, 0.15) is 5.56 Å². The predicted octanol–water partition coefficient (Wildman–Crippen LogP) is 4.84. The average Bonchev–Trinajstić information content (AvgIpc) is 2.34. The summed E-state index contributed by atoms with van der Waals surface area (Å²) >= 11 is 17.7. The first-order chi connectivity index (χ1) is 8.56. The highest BCUT2D eigenvalue weighted by Gasteiger charge is 2.02. The second kappa shape index (κ2) is 5.70. The van der Waals surface area contributed by atoms with E-state index in [0.717, 1.165) is 11.3 Å². The van der Waals surface area contributed by atoms with Gasteiger partial charge in [0.25, 0.3) is 0 Å². The summed E-state index contributed by atoms with van der Waals surface area (Å²) < 4.78 is 0. The Labute approximate surface area is 121 Å². The molecular formula is C13H11Cl3N2. The van der Waals surface area contributed by atoms with Crippen molar-refractivity contribution in [3.8, 4) is 0 Å². The number of rotatable bonds is 3. The molecule has 2 nitrogen and oxygen atoms in total. The molecule has 0 radical (unpaired) electrons. The van der Waals surface area contributed by atoms with Crippen LogP contribution in [0.15, 0.2) is 36.4 Å². The van der Waals surface area contributed by atoms with E-state index in [-0.39, 0.29) is 0 Å². The highest BCUT2D eigenvalue weighted by molar-refractivity contribution is 6.42. The molecule has 0 saturated carbocycles. The lowest BCUT2D eigenvalue weighted by Crippen LogP contribution is -2.02. The number of hydrogen-bond acceptors (Lipinski definition) is 2. The number of nitrogens with two attached hydrogens (primary N) is 1. The number of nitrogens with one attached hydrogen (secondary N) is 1. The molecule has 0 amide bonds. The van der Waals surface area contributed by atoms with E-state index in [2.05, 4.69) is 5.32 Å². The summed E-state index contributed by atoms with van der Waals surface area (Å²) in [6.07, 6.45) is 0. The fraction of sp³-hybridized carbons (Fsp3) is 0.0769. The third-order valence-corrected chi connectivity index (χ3v) is 3.46. The topological polar surface area (TPSA) is 38.0 Å². The molecule has 0 bridgehead atoms. The molecule has 2 aromatic carbocycles. The van der Waals surface area contributed by atoms with E-state index in [9.17, 15) is 0 Å². The molecule has 2 rings (SSSR count). The van der Waals surface area contributed by atoms with E-state index in [1.165, 1.54) is 0 Å². The number of halogens is 3. The summed E-state index contributed by atoms with van der Waals surface area (Å²) in [5.41, 5.74) is 8.31. The Morgan fingerprint density at radius 3 is 2.44 bits per heavy atom. The van der Waals surface area contributed by atoms with E-state index in [1.807, 2.05) is 12.1 Å². The highest BCUT2D eigenvalue weighted by atomic mass is 35.5. The van der Waals surface area contributed by atoms with Crippen molar-refractivity contribution < 1.29 is 0 Å². The van der Waals surface area contributed by atoms with E-state index in [0.29, 0.717) is 27.3 Å². The van der Waals surface area contributed by atoms with Crippen molar-refractivity contribution in [3.63, 3.8) is 0 Å². The Morgan fingerprint density at radius 2 is 1.72 bits per heavy atom. The van der Waals surface area contributed by atoms with Gasteiger partial charge in [-0.25, -0.2) is 0 Å². The van der Waals surface area contributed by atoms with Crippen LogP contribution in [0.25, 0.3) is 0 Å². The molecule has 0 unspecified atom stereocenters. The first-order valence-electron chi connectivity index (χ1n) is 5.29. The van der Waals surface area contributed by atoms with Crippen LogP contribution in [0.4, 0.5) is 11.4 Å². The lowest BCUT2D eigenvalue weighted by Gasteiger charge is -2.10. The van der Waals surface area contributed by atoms with E-state index in [4.69, 9.17) is 40.5 Å². The molecule has 0 aliphatic rings. The Morgan fingerprint density at radius 1 is 0.944 bits per heavy atom. The average molecular weight is 302 g/mol. The molecule has 0 heterocycles. The first-order valence-corrected chi connectivity index (χ1v) is 6.42. The maximum absolute atomic E-state index is 5.95. The third kappa shape index (κ3) is 3.22. The van der Waals surface area contributed by atoms with Gasteiger partial charge in [-0.2, -0.15) is 0 Å². The van der Waals surface area contributed by atoms with Gasteiger partial charge in [-0.15, -0.1) is 0 Å². The van der Waals surface area contributed by atoms with E-state index < -0.39 is 0 Å². The normalized spacial score (nSPS) is 10.4. The molecule has 0 atom stereocenters. The van der Waals surface area contributed by atoms with Gasteiger partial charge in [0.05, 0.1) is 21.4 Å². The zero-order chi connectivity index (χ0) is 13.1. The van der Waals surface area contributed by atoms with Crippen molar-refractivity contribution in [2.24, 2.45) is 0 Å². The fourth-order valence-electron chi connectivity index (χ4n) is 1.53. The van der Waals surface area contributed by atoms with Crippen molar-refractivity contribution in [2.75, 3.05) is 11.1 Å². The van der Waals surface area contributed by atoms with Gasteiger partial charge in [0.1, 0.15) is 0 Å². The lowest BCUT2D eigenvalue weighted by atomic mass is 10.2. The number of anilines is 2. The van der Waals surface area contributed by atoms with Gasteiger partial charge in [0.15, 0.2) is 0 Å². The minimum Gasteiger partial charge on any atom is -0.397 e. The van der Waals surface area contributed by atoms with Crippen molar-refractivity contribution in [1.29, 1.82) is 0 Å². The van der Waals surface area contributed by atoms with Crippen molar-refractivity contribution >= 4 is 46.2 Å². The molecule has 5 heteroatoms. The number of benzene rings is 2. The molecule has 0 aliphatic heterocycles. The molecular weight excluding hydrogens is 291 g/mol. The smallest absolute Gasteiger partial charge is 0.0595 e. The van der Waals surface area contributed by atoms with Crippen LogP contribution in [0, 0.1) is 0 Å². The van der Waals surface area contributed by atoms with Crippen LogP contribution in [0.2, 0.25) is 15.1 Å². The highest BCUT2D eigenvalue weighted by Crippen LogP contribution is 2.25. The second-order valence-corrected chi connectivity index (χ2v) is 5.08. The monoisotopic (exact) mass is 300 g/mol. The van der Waals surface area contributed by atoms with Crippen LogP contribution in [-0.2, 0) is 6.54 Å². The molecule has 94 valence electrons. The van der Waals surface area contributed by atoms with Crippen LogP contribution >= 0.6 is 34.8 Å². The zero-order valence-corrected chi connectivity index (χ0v) is 11.7. The largest absolute Gasteiger partial charge is 0.397 e. The molecule has 0 aromatic heterocycles. The summed E-state index contributed by atoms with van der Waals surface area (Å²) in [5, 5.41) is 4.93. The molecule has 3 N–H and O–H groups in total. The quantitative estimate of drug-likeness (QED) is 0.796. The molecule has 0 fully saturated rings. The summed E-state index contributed by atoms with van der Waals surface area (Å²) in [7, 11) is 0. The van der Waals surface area contributed by atoms with Crippen LogP contribution in [0.3, 0.4) is 0 Å². The molecule has 0 aliphatic carbocycles. The van der Waals surface area contributed by atoms with Crippen LogP contribution < -0.4 is 11.1 Å². The number of nitrogen functional groups attached to an aromatic ring is 1. The minimum atomic E-state index is 0.537. The van der Waals surface area contributed by atoms with E-state index >= 15 is 0 Å². The summed E-state index contributed by atoms with van der Waals surface area (Å²) in [6.45, 7) is 0.599. The lowest BCUT2D eigenvalue weighted by molar-refractivity contribution is 1.15. The van der Waals surface area contributed by atoms with Crippen molar-refractivity contribution in [1.82, 2.24) is 0 Å². The Bertz CT molecular complexity index is 570. The van der Waals surface area contributed by atoms with Gasteiger partial charge in [0.2, 0.25) is 0 Å². The molecule has 0 saturated heterocycles. The SMILES string of the molecule is Nc1ccc(Cl)cc1NCc1ccc(Cl)c(Cl)c1. The minimum absolute atomic E-state index is 0.537. The number of hydrogen-bond donors (Lipinski definition) is 2. The maximum Gasteiger partial charge on any atom is 0.0595 e. The first kappa shape index (κ1) is 13.3. The summed E-state index contributed by atoms with van der Waals surface area (Å²) in [4.78, 5) is 0. The van der Waals surface area contributed by atoms with Gasteiger partial charge >= 0.3 is 0 Å². The fourth-order valence-corrected chi connectivity index (χ4v) is 2.02. The van der Waals surface area contributed by atoms with E-state index in [1.54, 1.807) is 24.3 Å². The Hall–Kier alpha value is -1.09.